The highest BCUT2D eigenvalue weighted by Gasteiger charge is 2.42. The summed E-state index contributed by atoms with van der Waals surface area (Å²) in [6, 6.07) is 8.94. The van der Waals surface area contributed by atoms with Crippen LogP contribution in [0, 0.1) is 11.8 Å². The lowest BCUT2D eigenvalue weighted by atomic mass is 10.0. The molecule has 174 valence electrons. The Balaban J connectivity index is 1.56. The molecule has 2 aliphatic rings. The quantitative estimate of drug-likeness (QED) is 0.469. The molecule has 0 saturated carbocycles. The number of rotatable bonds is 3. The standard InChI is InChI=1S/C24H24N6O4/c1-28-10-8-24(34,23(28)33)7-5-15-3-2-4-16(11-15)30-19-12-20(29-9-6-17(31)14-29)26-13-18(19)21(27-30)22(25)32/h2-4,11-13,17,31,34H,6,8-10,14H2,1H3,(H2,25,32)/t17-,24-/m0/s1. The molecule has 1 aromatic carbocycles. The fourth-order valence-electron chi connectivity index (χ4n) is 4.36. The van der Waals surface area contributed by atoms with Gasteiger partial charge in [-0.05, 0) is 24.6 Å². The number of anilines is 1. The van der Waals surface area contributed by atoms with Crippen LogP contribution in [0.5, 0.6) is 0 Å². The summed E-state index contributed by atoms with van der Waals surface area (Å²) in [6.45, 7) is 1.61. The summed E-state index contributed by atoms with van der Waals surface area (Å²) in [5.41, 5.74) is 5.81. The number of aliphatic hydroxyl groups is 2. The lowest BCUT2D eigenvalue weighted by molar-refractivity contribution is -0.137. The van der Waals surface area contributed by atoms with E-state index in [4.69, 9.17) is 5.73 Å². The molecule has 4 N–H and O–H groups in total. The van der Waals surface area contributed by atoms with E-state index < -0.39 is 23.5 Å². The van der Waals surface area contributed by atoms with Gasteiger partial charge in [-0.2, -0.15) is 5.10 Å². The van der Waals surface area contributed by atoms with Crippen LogP contribution in [-0.2, 0) is 4.79 Å². The number of aliphatic hydroxyl groups excluding tert-OH is 1. The average molecular weight is 460 g/mol. The van der Waals surface area contributed by atoms with Crippen molar-refractivity contribution in [1.82, 2.24) is 19.7 Å². The SMILES string of the molecule is CN1CC[C@@](O)(C#Cc2cccc(-n3nc(C(N)=O)c4cnc(N5CC[C@H](O)C5)cc43)c2)C1=O. The Kier molecular flexibility index (Phi) is 5.23. The van der Waals surface area contributed by atoms with Gasteiger partial charge in [-0.25, -0.2) is 9.67 Å². The first-order valence-electron chi connectivity index (χ1n) is 11.0. The summed E-state index contributed by atoms with van der Waals surface area (Å²) >= 11 is 0. The Bertz CT molecular complexity index is 1370. The number of hydrogen-bond acceptors (Lipinski definition) is 7. The van der Waals surface area contributed by atoms with Crippen molar-refractivity contribution in [2.75, 3.05) is 31.6 Å². The zero-order valence-electron chi connectivity index (χ0n) is 18.6. The van der Waals surface area contributed by atoms with Crippen LogP contribution in [0.2, 0.25) is 0 Å². The van der Waals surface area contributed by atoms with Crippen molar-refractivity contribution in [3.63, 3.8) is 0 Å². The number of likely N-dealkylation sites (tertiary alicyclic amines) is 1. The van der Waals surface area contributed by atoms with E-state index in [2.05, 4.69) is 21.9 Å². The number of fused-ring (bicyclic) bond motifs is 1. The molecule has 0 radical (unpaired) electrons. The van der Waals surface area contributed by atoms with E-state index >= 15 is 0 Å². The highest BCUT2D eigenvalue weighted by molar-refractivity contribution is 6.04. The van der Waals surface area contributed by atoms with Gasteiger partial charge in [0.25, 0.3) is 11.8 Å². The number of β-amino-alcohol motifs (C(OH)–C–C–N with tert-alkyl or cyclic N) is 1. The smallest absolute Gasteiger partial charge is 0.269 e. The van der Waals surface area contributed by atoms with Crippen LogP contribution >= 0.6 is 0 Å². The molecule has 0 spiro atoms. The van der Waals surface area contributed by atoms with Crippen LogP contribution in [0.25, 0.3) is 16.6 Å². The van der Waals surface area contributed by atoms with Gasteiger partial charge in [0, 0.05) is 50.9 Å². The monoisotopic (exact) mass is 460 g/mol. The third-order valence-electron chi connectivity index (χ3n) is 6.29. The number of pyridine rings is 1. The minimum atomic E-state index is -1.69. The fourth-order valence-corrected chi connectivity index (χ4v) is 4.36. The normalized spacial score (nSPS) is 22.3. The molecule has 34 heavy (non-hydrogen) atoms. The first kappa shape index (κ1) is 21.9. The van der Waals surface area contributed by atoms with Crippen molar-refractivity contribution in [3.8, 4) is 17.5 Å². The minimum absolute atomic E-state index is 0.0981. The van der Waals surface area contributed by atoms with E-state index in [1.54, 1.807) is 36.1 Å². The number of nitrogens with two attached hydrogens (primary N) is 1. The van der Waals surface area contributed by atoms with Gasteiger partial charge in [0.05, 0.1) is 22.7 Å². The first-order valence-corrected chi connectivity index (χ1v) is 11.0. The maximum absolute atomic E-state index is 12.2. The molecule has 5 rings (SSSR count). The van der Waals surface area contributed by atoms with Gasteiger partial charge in [0.15, 0.2) is 5.69 Å². The number of nitrogens with zero attached hydrogens (tertiary/aromatic N) is 5. The minimum Gasteiger partial charge on any atom is -0.391 e. The maximum Gasteiger partial charge on any atom is 0.269 e. The van der Waals surface area contributed by atoms with Gasteiger partial charge < -0.3 is 25.7 Å². The van der Waals surface area contributed by atoms with Gasteiger partial charge in [-0.1, -0.05) is 17.9 Å². The van der Waals surface area contributed by atoms with Gasteiger partial charge in [0.1, 0.15) is 5.82 Å². The summed E-state index contributed by atoms with van der Waals surface area (Å²) < 4.78 is 1.60. The lowest BCUT2D eigenvalue weighted by Gasteiger charge is -2.16. The van der Waals surface area contributed by atoms with Crippen LogP contribution in [0.1, 0.15) is 28.9 Å². The van der Waals surface area contributed by atoms with Crippen molar-refractivity contribution in [1.29, 1.82) is 0 Å². The van der Waals surface area contributed by atoms with Gasteiger partial charge in [0.2, 0.25) is 5.60 Å². The molecule has 2 atom stereocenters. The third kappa shape index (κ3) is 3.75. The summed E-state index contributed by atoms with van der Waals surface area (Å²) in [6.07, 6.45) is 2.08. The second-order valence-corrected chi connectivity index (χ2v) is 8.71. The number of amides is 2. The predicted octanol–water partition coefficient (Wildman–Crippen LogP) is 0.0351. The van der Waals surface area contributed by atoms with Crippen molar-refractivity contribution in [3.05, 3.63) is 47.8 Å². The predicted molar refractivity (Wildman–Crippen MR) is 124 cm³/mol. The molecule has 0 unspecified atom stereocenters. The highest BCUT2D eigenvalue weighted by Crippen LogP contribution is 2.27. The topological polar surface area (TPSA) is 138 Å². The van der Waals surface area contributed by atoms with E-state index in [1.165, 1.54) is 4.90 Å². The molecule has 2 saturated heterocycles. The number of hydrogen-bond donors (Lipinski definition) is 3. The zero-order chi connectivity index (χ0) is 24.0. The van der Waals surface area contributed by atoms with Crippen molar-refractivity contribution in [2.24, 2.45) is 5.73 Å². The second kappa shape index (κ2) is 8.13. The van der Waals surface area contributed by atoms with Crippen LogP contribution in [0.4, 0.5) is 5.82 Å². The van der Waals surface area contributed by atoms with Crippen LogP contribution in [0.3, 0.4) is 0 Å². The van der Waals surface area contributed by atoms with Crippen molar-refractivity contribution in [2.45, 2.75) is 24.5 Å². The van der Waals surface area contributed by atoms with Crippen LogP contribution < -0.4 is 10.6 Å². The molecule has 2 amide bonds. The van der Waals surface area contributed by atoms with Crippen LogP contribution in [0.15, 0.2) is 36.5 Å². The average Bonchev–Trinajstić information content (AvgIpc) is 3.50. The Morgan fingerprint density at radius 1 is 1.29 bits per heavy atom. The molecule has 2 aromatic heterocycles. The first-order chi connectivity index (χ1) is 16.2. The molecule has 2 aliphatic heterocycles. The van der Waals surface area contributed by atoms with Crippen LogP contribution in [-0.4, -0.2) is 80.1 Å². The van der Waals surface area contributed by atoms with E-state index in [-0.39, 0.29) is 12.1 Å². The number of benzene rings is 1. The molecular formula is C24H24N6O4. The van der Waals surface area contributed by atoms with E-state index in [0.29, 0.717) is 54.0 Å². The number of carbonyl (C=O) groups excluding carboxylic acids is 2. The summed E-state index contributed by atoms with van der Waals surface area (Å²) in [5.74, 6) is 5.20. The number of likely N-dealkylation sites (N-methyl/N-ethyl adjacent to an activating group) is 1. The maximum atomic E-state index is 12.2. The van der Waals surface area contributed by atoms with E-state index in [0.717, 1.165) is 0 Å². The Hall–Kier alpha value is -3.94. The summed E-state index contributed by atoms with van der Waals surface area (Å²) in [4.78, 5) is 32.1. The largest absolute Gasteiger partial charge is 0.391 e. The third-order valence-corrected chi connectivity index (χ3v) is 6.29. The molecule has 0 bridgehead atoms. The Labute approximate surface area is 195 Å². The molecular weight excluding hydrogens is 436 g/mol. The highest BCUT2D eigenvalue weighted by atomic mass is 16.3. The molecule has 10 heteroatoms. The van der Waals surface area contributed by atoms with Crippen molar-refractivity contribution < 1.29 is 19.8 Å². The lowest BCUT2D eigenvalue weighted by Crippen LogP contribution is -2.37. The number of aromatic nitrogens is 3. The van der Waals surface area contributed by atoms with Gasteiger partial charge >= 0.3 is 0 Å². The van der Waals surface area contributed by atoms with Gasteiger partial charge in [-0.3, -0.25) is 9.59 Å². The summed E-state index contributed by atoms with van der Waals surface area (Å²) in [7, 11) is 1.63. The second-order valence-electron chi connectivity index (χ2n) is 8.71. The molecule has 3 aromatic rings. The van der Waals surface area contributed by atoms with Crippen molar-refractivity contribution >= 4 is 28.5 Å². The molecule has 4 heterocycles. The Morgan fingerprint density at radius 3 is 2.79 bits per heavy atom. The number of carbonyl (C=O) groups is 2. The molecule has 0 aliphatic carbocycles. The van der Waals surface area contributed by atoms with E-state index in [1.807, 2.05) is 17.0 Å². The molecule has 2 fully saturated rings. The zero-order valence-corrected chi connectivity index (χ0v) is 18.6. The molecule has 10 nitrogen and oxygen atoms in total. The van der Waals surface area contributed by atoms with E-state index in [9.17, 15) is 19.8 Å². The Morgan fingerprint density at radius 2 is 2.12 bits per heavy atom. The number of primary amides is 1. The summed E-state index contributed by atoms with van der Waals surface area (Å²) in [5, 5.41) is 25.4. The fraction of sp³-hybridized carbons (Fsp3) is 0.333. The van der Waals surface area contributed by atoms with Gasteiger partial charge in [-0.15, -0.1) is 0 Å².